The van der Waals surface area contributed by atoms with Gasteiger partial charge in [0.15, 0.2) is 5.82 Å². The van der Waals surface area contributed by atoms with Crippen molar-refractivity contribution in [3.63, 3.8) is 0 Å². The maximum absolute atomic E-state index is 6.83. The van der Waals surface area contributed by atoms with Gasteiger partial charge in [0.25, 0.3) is 0 Å². The van der Waals surface area contributed by atoms with Crippen LogP contribution in [0.25, 0.3) is 23.5 Å². The summed E-state index contributed by atoms with van der Waals surface area (Å²) in [4.78, 5) is 14.2. The molecule has 36 heavy (non-hydrogen) atoms. The van der Waals surface area contributed by atoms with Crippen LogP contribution in [0.3, 0.4) is 0 Å². The highest BCUT2D eigenvalue weighted by molar-refractivity contribution is 6.40. The zero-order chi connectivity index (χ0) is 27.6. The average molecular weight is 558 g/mol. The van der Waals surface area contributed by atoms with E-state index in [1.165, 1.54) is 6.42 Å². The molecule has 0 radical (unpaired) electrons. The van der Waals surface area contributed by atoms with Crippen molar-refractivity contribution in [2.45, 2.75) is 66.8 Å². The molecule has 8 heteroatoms. The number of benzene rings is 1. The van der Waals surface area contributed by atoms with Crippen molar-refractivity contribution in [3.05, 3.63) is 32.2 Å². The third kappa shape index (κ3) is 7.50. The minimum Gasteiger partial charge on any atom is -0.495 e. The second-order valence-corrected chi connectivity index (χ2v) is 9.94. The summed E-state index contributed by atoms with van der Waals surface area (Å²) in [6.45, 7) is 16.1. The monoisotopic (exact) mass is 556 g/mol. The molecule has 0 unspecified atom stereocenters. The summed E-state index contributed by atoms with van der Waals surface area (Å²) in [5.41, 5.74) is 1.54. The van der Waals surface area contributed by atoms with Crippen molar-refractivity contribution in [3.8, 4) is 17.1 Å². The fourth-order valence-corrected chi connectivity index (χ4v) is 4.64. The molecule has 1 aliphatic rings. The Morgan fingerprint density at radius 1 is 1.14 bits per heavy atom. The number of alkyl halides is 1. The van der Waals surface area contributed by atoms with E-state index in [0.29, 0.717) is 39.1 Å². The molecule has 1 aliphatic heterocycles. The molecule has 2 heterocycles. The maximum Gasteiger partial charge on any atom is 0.165 e. The largest absolute Gasteiger partial charge is 0.495 e. The van der Waals surface area contributed by atoms with E-state index < -0.39 is 0 Å². The Morgan fingerprint density at radius 3 is 2.17 bits per heavy atom. The maximum atomic E-state index is 6.83. The Bertz CT molecular complexity index is 1100. The number of ether oxygens (including phenoxy) is 1. The first-order valence-corrected chi connectivity index (χ1v) is 14.0. The Balaban J connectivity index is 0.00000120. The highest BCUT2D eigenvalue weighted by atomic mass is 35.5. The van der Waals surface area contributed by atoms with Crippen LogP contribution < -0.4 is 20.2 Å². The topological polar surface area (TPSA) is 41.5 Å². The van der Waals surface area contributed by atoms with Crippen LogP contribution in [-0.2, 0) is 0 Å². The predicted octanol–water partition coefficient (Wildman–Crippen LogP) is 6.59. The van der Waals surface area contributed by atoms with E-state index in [1.807, 2.05) is 39.0 Å². The molecule has 1 fully saturated rings. The average Bonchev–Trinajstić information content (AvgIpc) is 2.81. The van der Waals surface area contributed by atoms with Gasteiger partial charge >= 0.3 is 0 Å². The first-order valence-electron chi connectivity index (χ1n) is 12.7. The molecule has 2 aromatic rings. The number of methoxy groups -OCH3 is 1. The SMILES string of the molecule is C/C=c1/nc(-c2c(Cl)c(OC)cc(C(C)C)c2Cl)nc(N2CC(N(C)C)C2)/c1=C/CCl.CC.CCC. The molecule has 5 nitrogen and oxygen atoms in total. The summed E-state index contributed by atoms with van der Waals surface area (Å²) in [7, 11) is 5.78. The summed E-state index contributed by atoms with van der Waals surface area (Å²) in [5, 5.41) is 2.69. The van der Waals surface area contributed by atoms with Gasteiger partial charge in [-0.3, -0.25) is 0 Å². The number of rotatable bonds is 6. The van der Waals surface area contributed by atoms with E-state index in [2.05, 4.69) is 51.6 Å². The van der Waals surface area contributed by atoms with Crippen LogP contribution in [0.4, 0.5) is 5.82 Å². The molecule has 0 atom stereocenters. The number of nitrogens with zero attached hydrogens (tertiary/aromatic N) is 4. The number of aromatic nitrogens is 2. The van der Waals surface area contributed by atoms with Gasteiger partial charge in [-0.05, 0) is 38.6 Å². The Hall–Kier alpha value is -1.53. The van der Waals surface area contributed by atoms with Gasteiger partial charge in [-0.15, -0.1) is 11.6 Å². The number of halogens is 3. The zero-order valence-corrected chi connectivity index (χ0v) is 25.8. The number of hydrogen-bond acceptors (Lipinski definition) is 5. The normalized spacial score (nSPS) is 14.4. The van der Waals surface area contributed by atoms with Crippen molar-refractivity contribution >= 4 is 52.8 Å². The lowest BCUT2D eigenvalue weighted by Crippen LogP contribution is -2.59. The molecule has 0 amide bonds. The fraction of sp³-hybridized carbons (Fsp3) is 0.571. The van der Waals surface area contributed by atoms with Crippen LogP contribution in [-0.4, -0.2) is 61.1 Å². The fourth-order valence-electron chi connectivity index (χ4n) is 3.67. The molecule has 0 saturated carbocycles. The van der Waals surface area contributed by atoms with E-state index >= 15 is 0 Å². The van der Waals surface area contributed by atoms with Crippen LogP contribution in [0.2, 0.25) is 10.0 Å². The van der Waals surface area contributed by atoms with E-state index in [4.69, 9.17) is 49.5 Å². The summed E-state index contributed by atoms with van der Waals surface area (Å²) in [6.07, 6.45) is 5.16. The number of anilines is 1. The van der Waals surface area contributed by atoms with Gasteiger partial charge in [0.2, 0.25) is 0 Å². The first kappa shape index (κ1) is 32.5. The summed E-state index contributed by atoms with van der Waals surface area (Å²) < 4.78 is 5.53. The zero-order valence-electron chi connectivity index (χ0n) is 23.5. The molecular weight excluding hydrogens is 515 g/mol. The summed E-state index contributed by atoms with van der Waals surface area (Å²) in [5.74, 6) is 2.45. The Kier molecular flexibility index (Phi) is 14.1. The lowest BCUT2D eigenvalue weighted by Gasteiger charge is -2.43. The molecule has 202 valence electrons. The van der Waals surface area contributed by atoms with Gasteiger partial charge in [-0.25, -0.2) is 9.97 Å². The van der Waals surface area contributed by atoms with Gasteiger partial charge in [0, 0.05) is 30.2 Å². The van der Waals surface area contributed by atoms with Gasteiger partial charge in [-0.2, -0.15) is 0 Å². The first-order chi connectivity index (χ1) is 17.1. The van der Waals surface area contributed by atoms with Gasteiger partial charge < -0.3 is 14.5 Å². The van der Waals surface area contributed by atoms with Crippen LogP contribution in [0.1, 0.15) is 66.4 Å². The van der Waals surface area contributed by atoms with E-state index in [1.54, 1.807) is 7.11 Å². The minimum absolute atomic E-state index is 0.189. The molecule has 1 aromatic carbocycles. The summed E-state index contributed by atoms with van der Waals surface area (Å²) >= 11 is 19.6. The minimum atomic E-state index is 0.189. The molecular formula is C28H43Cl3N4O. The van der Waals surface area contributed by atoms with E-state index in [-0.39, 0.29) is 5.92 Å². The molecule has 0 N–H and O–H groups in total. The number of hydrogen-bond donors (Lipinski definition) is 0. The van der Waals surface area contributed by atoms with Gasteiger partial charge in [-0.1, -0.05) is 83.3 Å². The highest BCUT2D eigenvalue weighted by Crippen LogP contribution is 2.43. The molecule has 0 bridgehead atoms. The van der Waals surface area contributed by atoms with Gasteiger partial charge in [0.1, 0.15) is 11.6 Å². The molecule has 0 aliphatic carbocycles. The Morgan fingerprint density at radius 2 is 1.72 bits per heavy atom. The highest BCUT2D eigenvalue weighted by Gasteiger charge is 2.31. The second kappa shape index (κ2) is 15.7. The molecule has 0 spiro atoms. The van der Waals surface area contributed by atoms with Crippen LogP contribution in [0.5, 0.6) is 5.75 Å². The van der Waals surface area contributed by atoms with Crippen molar-refractivity contribution in [2.24, 2.45) is 0 Å². The standard InChI is InChI=1S/C23H29Cl3N4O.C3H8.C2H6/c1-7-17-15(8-9-24)23(30-11-14(12-30)29(4)5)28-22(27-17)19-20(25)16(13(2)3)10-18(31-6)21(19)26;1-3-2;1-2/h7-8,10,13-14H,9,11-12H2,1-6H3;3H2,1-2H3;1-2H3/b15-8+,17-7+;;. The van der Waals surface area contributed by atoms with Crippen LogP contribution in [0, 0.1) is 0 Å². The van der Waals surface area contributed by atoms with Gasteiger partial charge in [0.05, 0.1) is 28.1 Å². The molecule has 1 aromatic heterocycles. The van der Waals surface area contributed by atoms with Crippen molar-refractivity contribution < 1.29 is 4.74 Å². The van der Waals surface area contributed by atoms with Crippen LogP contribution in [0.15, 0.2) is 6.07 Å². The van der Waals surface area contributed by atoms with E-state index in [0.717, 1.165) is 35.0 Å². The van der Waals surface area contributed by atoms with Crippen LogP contribution >= 0.6 is 34.8 Å². The summed E-state index contributed by atoms with van der Waals surface area (Å²) in [6, 6.07) is 2.37. The predicted molar refractivity (Wildman–Crippen MR) is 160 cm³/mol. The quantitative estimate of drug-likeness (QED) is 0.375. The van der Waals surface area contributed by atoms with E-state index in [9.17, 15) is 0 Å². The molecule has 1 saturated heterocycles. The third-order valence-corrected chi connectivity index (χ3v) is 6.60. The van der Waals surface area contributed by atoms with Crippen molar-refractivity contribution in [1.29, 1.82) is 0 Å². The lowest BCUT2D eigenvalue weighted by molar-refractivity contribution is 0.246. The van der Waals surface area contributed by atoms with Crippen molar-refractivity contribution in [2.75, 3.05) is 45.1 Å². The number of likely N-dealkylation sites (N-methyl/N-ethyl adjacent to an activating group) is 1. The lowest BCUT2D eigenvalue weighted by atomic mass is 9.99. The smallest absolute Gasteiger partial charge is 0.165 e. The van der Waals surface area contributed by atoms with Crippen molar-refractivity contribution in [1.82, 2.24) is 14.9 Å². The molecule has 3 rings (SSSR count). The Labute approximate surface area is 233 Å². The second-order valence-electron chi connectivity index (χ2n) is 8.87. The third-order valence-electron chi connectivity index (χ3n) is 5.66.